The van der Waals surface area contributed by atoms with Gasteiger partial charge in [-0.05, 0) is 36.8 Å². The molecule has 0 bridgehead atoms. The van der Waals surface area contributed by atoms with Gasteiger partial charge < -0.3 is 5.32 Å². The molecule has 0 saturated heterocycles. The number of hydrogen-bond acceptors (Lipinski definition) is 2. The van der Waals surface area contributed by atoms with Crippen molar-refractivity contribution in [3.05, 3.63) is 28.5 Å². The molecule has 0 radical (unpaired) electrons. The average molecular weight is 309 g/mol. The highest BCUT2D eigenvalue weighted by Crippen LogP contribution is 2.34. The van der Waals surface area contributed by atoms with Crippen molar-refractivity contribution in [3.63, 3.8) is 0 Å². The van der Waals surface area contributed by atoms with E-state index in [2.05, 4.69) is 24.1 Å². The lowest BCUT2D eigenvalue weighted by atomic mass is 9.76. The van der Waals surface area contributed by atoms with Gasteiger partial charge in [-0.25, -0.2) is 4.98 Å². The van der Waals surface area contributed by atoms with Gasteiger partial charge in [0, 0.05) is 17.8 Å². The highest BCUT2D eigenvalue weighted by molar-refractivity contribution is 6.29. The minimum Gasteiger partial charge on any atom is -0.351 e. The van der Waals surface area contributed by atoms with E-state index in [0.717, 1.165) is 25.1 Å². The lowest BCUT2D eigenvalue weighted by molar-refractivity contribution is 0.0919. The monoisotopic (exact) mass is 308 g/mol. The Morgan fingerprint density at radius 1 is 1.33 bits per heavy atom. The largest absolute Gasteiger partial charge is 0.351 e. The molecule has 1 saturated carbocycles. The summed E-state index contributed by atoms with van der Waals surface area (Å²) in [5.74, 6) is -0.0385. The first-order chi connectivity index (χ1) is 10.0. The molecule has 1 aromatic heterocycles. The van der Waals surface area contributed by atoms with Crippen LogP contribution < -0.4 is 5.32 Å². The molecule has 1 aliphatic rings. The highest BCUT2D eigenvalue weighted by Gasteiger charge is 2.27. The maximum absolute atomic E-state index is 12.3. The Labute approximate surface area is 132 Å². The zero-order chi connectivity index (χ0) is 15.3. The summed E-state index contributed by atoms with van der Waals surface area (Å²) in [6, 6.07) is 3.51. The normalized spacial score (nSPS) is 17.5. The molecule has 1 fully saturated rings. The van der Waals surface area contributed by atoms with Gasteiger partial charge in [-0.15, -0.1) is 0 Å². The van der Waals surface area contributed by atoms with Gasteiger partial charge in [0.1, 0.15) is 5.15 Å². The topological polar surface area (TPSA) is 42.0 Å². The maximum Gasteiger partial charge on any atom is 0.251 e. The summed E-state index contributed by atoms with van der Waals surface area (Å²) >= 11 is 6.01. The van der Waals surface area contributed by atoms with Gasteiger partial charge in [-0.3, -0.25) is 4.79 Å². The number of amides is 1. The average Bonchev–Trinajstić information content (AvgIpc) is 2.45. The van der Waals surface area contributed by atoms with E-state index in [1.807, 2.05) is 6.07 Å². The van der Waals surface area contributed by atoms with Crippen LogP contribution in [0.15, 0.2) is 12.1 Å². The van der Waals surface area contributed by atoms with Crippen molar-refractivity contribution >= 4 is 17.5 Å². The minimum absolute atomic E-state index is 0.0385. The molecule has 1 heterocycles. The van der Waals surface area contributed by atoms with Gasteiger partial charge in [-0.2, -0.15) is 0 Å². The number of rotatable bonds is 5. The Morgan fingerprint density at radius 2 is 2.05 bits per heavy atom. The van der Waals surface area contributed by atoms with Crippen LogP contribution in [0.2, 0.25) is 5.15 Å². The summed E-state index contributed by atoms with van der Waals surface area (Å²) < 4.78 is 0. The van der Waals surface area contributed by atoms with E-state index in [4.69, 9.17) is 11.6 Å². The first-order valence-corrected chi connectivity index (χ1v) is 8.35. The van der Waals surface area contributed by atoms with Gasteiger partial charge >= 0.3 is 0 Å². The lowest BCUT2D eigenvalue weighted by Crippen LogP contribution is -2.37. The zero-order valence-electron chi connectivity index (χ0n) is 13.0. The fourth-order valence-electron chi connectivity index (χ4n) is 3.04. The number of hydrogen-bond donors (Lipinski definition) is 1. The van der Waals surface area contributed by atoms with Gasteiger partial charge in [-0.1, -0.05) is 51.1 Å². The van der Waals surface area contributed by atoms with E-state index in [9.17, 15) is 4.79 Å². The Morgan fingerprint density at radius 3 is 2.71 bits per heavy atom. The predicted octanol–water partition coefficient (Wildman–Crippen LogP) is 4.39. The summed E-state index contributed by atoms with van der Waals surface area (Å²) in [4.78, 5) is 16.6. The van der Waals surface area contributed by atoms with E-state index < -0.39 is 0 Å². The van der Waals surface area contributed by atoms with Crippen molar-refractivity contribution in [3.8, 4) is 0 Å². The van der Waals surface area contributed by atoms with Crippen LogP contribution in [0.3, 0.4) is 0 Å². The molecule has 116 valence electrons. The molecule has 4 heteroatoms. The predicted molar refractivity (Wildman–Crippen MR) is 86.8 cm³/mol. The number of aryl methyl sites for hydroxylation is 1. The summed E-state index contributed by atoms with van der Waals surface area (Å²) in [6.45, 7) is 5.11. The first-order valence-electron chi connectivity index (χ1n) is 7.97. The SMILES string of the molecule is CCCc1cc(C(=O)NCC2(C)CCCCC2)cc(Cl)n1. The third-order valence-corrected chi connectivity index (χ3v) is 4.55. The molecule has 0 atom stereocenters. The molecule has 21 heavy (non-hydrogen) atoms. The maximum atomic E-state index is 12.3. The van der Waals surface area contributed by atoms with Crippen molar-refractivity contribution in [2.75, 3.05) is 6.54 Å². The lowest BCUT2D eigenvalue weighted by Gasteiger charge is -2.33. The standard InChI is InChI=1S/C17H25ClN2O/c1-3-7-14-10-13(11-15(18)20-14)16(21)19-12-17(2)8-5-4-6-9-17/h10-11H,3-9,12H2,1-2H3,(H,19,21). The van der Waals surface area contributed by atoms with Crippen LogP contribution in [-0.2, 0) is 6.42 Å². The summed E-state index contributed by atoms with van der Waals surface area (Å²) in [5, 5.41) is 3.48. The molecule has 1 amide bonds. The molecular weight excluding hydrogens is 284 g/mol. The van der Waals surface area contributed by atoms with Crippen molar-refractivity contribution in [2.45, 2.75) is 58.8 Å². The molecule has 2 rings (SSSR count). The number of nitrogens with zero attached hydrogens (tertiary/aromatic N) is 1. The molecule has 1 aromatic rings. The van der Waals surface area contributed by atoms with Crippen LogP contribution in [0.1, 0.15) is 68.4 Å². The smallest absolute Gasteiger partial charge is 0.251 e. The van der Waals surface area contributed by atoms with Gasteiger partial charge in [0.2, 0.25) is 0 Å². The molecule has 0 unspecified atom stereocenters. The summed E-state index contributed by atoms with van der Waals surface area (Å²) in [6.07, 6.45) is 8.11. The van der Waals surface area contributed by atoms with Gasteiger partial charge in [0.05, 0.1) is 0 Å². The molecule has 1 N–H and O–H groups in total. The number of halogens is 1. The van der Waals surface area contributed by atoms with Crippen LogP contribution in [0, 0.1) is 5.41 Å². The third kappa shape index (κ3) is 4.70. The summed E-state index contributed by atoms with van der Waals surface area (Å²) in [7, 11) is 0. The number of carbonyl (C=O) groups excluding carboxylic acids is 1. The Bertz CT molecular complexity index is 496. The van der Waals surface area contributed by atoms with E-state index in [1.54, 1.807) is 6.07 Å². The zero-order valence-corrected chi connectivity index (χ0v) is 13.8. The van der Waals surface area contributed by atoms with E-state index in [-0.39, 0.29) is 11.3 Å². The van der Waals surface area contributed by atoms with Crippen LogP contribution in [0.4, 0.5) is 0 Å². The Balaban J connectivity index is 1.99. The fourth-order valence-corrected chi connectivity index (χ4v) is 3.27. The van der Waals surface area contributed by atoms with Gasteiger partial charge in [0.15, 0.2) is 0 Å². The molecule has 3 nitrogen and oxygen atoms in total. The molecule has 0 aromatic carbocycles. The van der Waals surface area contributed by atoms with Crippen molar-refractivity contribution in [2.24, 2.45) is 5.41 Å². The second-order valence-corrected chi connectivity index (χ2v) is 6.86. The van der Waals surface area contributed by atoms with Crippen molar-refractivity contribution < 1.29 is 4.79 Å². The van der Waals surface area contributed by atoms with Crippen molar-refractivity contribution in [1.29, 1.82) is 0 Å². The minimum atomic E-state index is -0.0385. The van der Waals surface area contributed by atoms with Crippen LogP contribution >= 0.6 is 11.6 Å². The molecular formula is C17H25ClN2O. The second kappa shape index (κ2) is 7.26. The molecule has 1 aliphatic carbocycles. The van der Waals surface area contributed by atoms with Gasteiger partial charge in [0.25, 0.3) is 5.91 Å². The Hall–Kier alpha value is -1.09. The quantitative estimate of drug-likeness (QED) is 0.820. The highest BCUT2D eigenvalue weighted by atomic mass is 35.5. The Kier molecular flexibility index (Phi) is 5.63. The number of pyridine rings is 1. The van der Waals surface area contributed by atoms with Crippen LogP contribution in [0.5, 0.6) is 0 Å². The fraction of sp³-hybridized carbons (Fsp3) is 0.647. The second-order valence-electron chi connectivity index (χ2n) is 6.47. The van der Waals surface area contributed by atoms with E-state index in [0.29, 0.717) is 10.7 Å². The van der Waals surface area contributed by atoms with E-state index in [1.165, 1.54) is 32.1 Å². The first kappa shape index (κ1) is 16.3. The number of nitrogens with one attached hydrogen (secondary N) is 1. The third-order valence-electron chi connectivity index (χ3n) is 4.35. The molecule has 0 aliphatic heterocycles. The van der Waals surface area contributed by atoms with Crippen molar-refractivity contribution in [1.82, 2.24) is 10.3 Å². The number of aromatic nitrogens is 1. The number of carbonyl (C=O) groups is 1. The van der Waals surface area contributed by atoms with Crippen LogP contribution in [-0.4, -0.2) is 17.4 Å². The van der Waals surface area contributed by atoms with Crippen LogP contribution in [0.25, 0.3) is 0 Å². The summed E-state index contributed by atoms with van der Waals surface area (Å²) in [5.41, 5.74) is 1.76. The molecule has 0 spiro atoms. The van der Waals surface area contributed by atoms with E-state index >= 15 is 0 Å².